The molecule has 1 aromatic heterocycles. The largest absolute Gasteiger partial charge is 0.487 e. The number of aromatic nitrogens is 1. The summed E-state index contributed by atoms with van der Waals surface area (Å²) in [4.78, 5) is 4.12. The number of hydrogen-bond acceptors (Lipinski definition) is 4. The molecule has 16 heavy (non-hydrogen) atoms. The van der Waals surface area contributed by atoms with E-state index in [0.29, 0.717) is 23.5 Å². The highest BCUT2D eigenvalue weighted by Crippen LogP contribution is 2.35. The van der Waals surface area contributed by atoms with Gasteiger partial charge in [-0.1, -0.05) is 0 Å². The van der Waals surface area contributed by atoms with Gasteiger partial charge in [-0.15, -0.1) is 0 Å². The lowest BCUT2D eigenvalue weighted by Gasteiger charge is -2.15. The van der Waals surface area contributed by atoms with E-state index in [9.17, 15) is 0 Å². The molecule has 0 radical (unpaired) electrons. The van der Waals surface area contributed by atoms with Crippen LogP contribution in [0.25, 0.3) is 0 Å². The molecule has 1 saturated carbocycles. The van der Waals surface area contributed by atoms with Crippen LogP contribution in [0.4, 0.5) is 0 Å². The summed E-state index contributed by atoms with van der Waals surface area (Å²) in [5, 5.41) is 0. The first kappa shape index (κ1) is 11.0. The number of methoxy groups -OCH3 is 1. The smallest absolute Gasteiger partial charge is 0.216 e. The molecule has 88 valence electrons. The maximum absolute atomic E-state index is 5.71. The molecule has 1 fully saturated rings. The van der Waals surface area contributed by atoms with E-state index in [1.807, 2.05) is 13.8 Å². The molecule has 0 aromatic carbocycles. The van der Waals surface area contributed by atoms with Gasteiger partial charge >= 0.3 is 0 Å². The van der Waals surface area contributed by atoms with Gasteiger partial charge in [-0.05, 0) is 26.7 Å². The highest BCUT2D eigenvalue weighted by Gasteiger charge is 2.25. The van der Waals surface area contributed by atoms with Crippen LogP contribution in [0.3, 0.4) is 0 Å². The Bertz CT molecular complexity index is 361. The van der Waals surface area contributed by atoms with Gasteiger partial charge in [0.2, 0.25) is 5.88 Å². The highest BCUT2D eigenvalue weighted by atomic mass is 16.5. The lowest BCUT2D eigenvalue weighted by Crippen LogP contribution is -2.08. The molecule has 1 heterocycles. The van der Waals surface area contributed by atoms with Crippen LogP contribution in [0.5, 0.6) is 17.4 Å². The molecule has 0 bridgehead atoms. The Kier molecular flexibility index (Phi) is 3.17. The Hall–Kier alpha value is -1.45. The number of ether oxygens (including phenoxy) is 3. The third-order valence-corrected chi connectivity index (χ3v) is 2.20. The standard InChI is InChI=1S/C12H17NO3/c1-8(2)15-10-6-12(14-3)13-7-11(10)16-9-4-5-9/h6-9H,4-5H2,1-3H3. The highest BCUT2D eigenvalue weighted by molar-refractivity contribution is 5.41. The molecular weight excluding hydrogens is 206 g/mol. The molecule has 0 aliphatic heterocycles. The van der Waals surface area contributed by atoms with Gasteiger partial charge in [0.05, 0.1) is 25.5 Å². The SMILES string of the molecule is COc1cc(OC(C)C)c(OC2CC2)cn1. The van der Waals surface area contributed by atoms with Crippen molar-refractivity contribution in [3.05, 3.63) is 12.3 Å². The second-order valence-electron chi connectivity index (χ2n) is 4.16. The first-order valence-corrected chi connectivity index (χ1v) is 5.56. The molecule has 1 aliphatic carbocycles. The second kappa shape index (κ2) is 4.60. The van der Waals surface area contributed by atoms with Crippen molar-refractivity contribution >= 4 is 0 Å². The summed E-state index contributed by atoms with van der Waals surface area (Å²) in [5.41, 5.74) is 0. The molecule has 4 heteroatoms. The molecule has 4 nitrogen and oxygen atoms in total. The normalized spacial score (nSPS) is 15.0. The molecule has 1 aliphatic rings. The van der Waals surface area contributed by atoms with E-state index in [1.165, 1.54) is 0 Å². The van der Waals surface area contributed by atoms with Crippen LogP contribution in [0.1, 0.15) is 26.7 Å². The minimum Gasteiger partial charge on any atom is -0.487 e. The maximum atomic E-state index is 5.71. The van der Waals surface area contributed by atoms with E-state index in [4.69, 9.17) is 14.2 Å². The lowest BCUT2D eigenvalue weighted by molar-refractivity contribution is 0.215. The monoisotopic (exact) mass is 223 g/mol. The summed E-state index contributed by atoms with van der Waals surface area (Å²) < 4.78 is 16.5. The fourth-order valence-electron chi connectivity index (χ4n) is 1.32. The average molecular weight is 223 g/mol. The third kappa shape index (κ3) is 2.78. The van der Waals surface area contributed by atoms with Crippen molar-refractivity contribution in [1.29, 1.82) is 0 Å². The van der Waals surface area contributed by atoms with Gasteiger partial charge < -0.3 is 14.2 Å². The van der Waals surface area contributed by atoms with Crippen LogP contribution in [-0.4, -0.2) is 24.3 Å². The third-order valence-electron chi connectivity index (χ3n) is 2.20. The van der Waals surface area contributed by atoms with Crippen LogP contribution < -0.4 is 14.2 Å². The molecule has 0 spiro atoms. The number of rotatable bonds is 5. The summed E-state index contributed by atoms with van der Waals surface area (Å²) in [6.45, 7) is 3.96. The minimum absolute atomic E-state index is 0.105. The lowest BCUT2D eigenvalue weighted by atomic mass is 10.4. The Balaban J connectivity index is 2.18. The quantitative estimate of drug-likeness (QED) is 0.768. The van der Waals surface area contributed by atoms with Gasteiger partial charge in [-0.3, -0.25) is 0 Å². The van der Waals surface area contributed by atoms with Crippen molar-refractivity contribution in [2.45, 2.75) is 38.9 Å². The van der Waals surface area contributed by atoms with Crippen LogP contribution in [0.2, 0.25) is 0 Å². The van der Waals surface area contributed by atoms with Crippen molar-refractivity contribution in [1.82, 2.24) is 4.98 Å². The summed E-state index contributed by atoms with van der Waals surface area (Å²) in [7, 11) is 1.59. The van der Waals surface area contributed by atoms with Gasteiger partial charge in [-0.25, -0.2) is 4.98 Å². The van der Waals surface area contributed by atoms with E-state index in [1.54, 1.807) is 19.4 Å². The summed E-state index contributed by atoms with van der Waals surface area (Å²) >= 11 is 0. The van der Waals surface area contributed by atoms with Crippen LogP contribution >= 0.6 is 0 Å². The molecule has 2 rings (SSSR count). The zero-order chi connectivity index (χ0) is 11.5. The van der Waals surface area contributed by atoms with Crippen molar-refractivity contribution in [2.75, 3.05) is 7.11 Å². The van der Waals surface area contributed by atoms with Crippen LogP contribution in [0, 0.1) is 0 Å². The van der Waals surface area contributed by atoms with Gasteiger partial charge in [0.25, 0.3) is 0 Å². The second-order valence-corrected chi connectivity index (χ2v) is 4.16. The minimum atomic E-state index is 0.105. The fraction of sp³-hybridized carbons (Fsp3) is 0.583. The summed E-state index contributed by atoms with van der Waals surface area (Å²) in [6, 6.07) is 1.76. The molecule has 1 aromatic rings. The Morgan fingerprint density at radius 3 is 2.62 bits per heavy atom. The van der Waals surface area contributed by atoms with Gasteiger partial charge in [0, 0.05) is 6.07 Å². The number of nitrogens with zero attached hydrogens (tertiary/aromatic N) is 1. The van der Waals surface area contributed by atoms with E-state index in [2.05, 4.69) is 4.98 Å². The average Bonchev–Trinajstić information content (AvgIpc) is 3.03. The predicted octanol–water partition coefficient (Wildman–Crippen LogP) is 2.42. The first-order valence-electron chi connectivity index (χ1n) is 5.56. The maximum Gasteiger partial charge on any atom is 0.216 e. The molecule has 0 N–H and O–H groups in total. The number of pyridine rings is 1. The summed E-state index contributed by atoms with van der Waals surface area (Å²) in [6.07, 6.45) is 4.34. The van der Waals surface area contributed by atoms with Crippen molar-refractivity contribution in [3.63, 3.8) is 0 Å². The molecule has 0 unspecified atom stereocenters. The van der Waals surface area contributed by atoms with E-state index >= 15 is 0 Å². The Labute approximate surface area is 95.5 Å². The fourth-order valence-corrected chi connectivity index (χ4v) is 1.32. The predicted molar refractivity (Wildman–Crippen MR) is 60.2 cm³/mol. The molecular formula is C12H17NO3. The molecule has 0 saturated heterocycles. The van der Waals surface area contributed by atoms with Crippen molar-refractivity contribution in [2.24, 2.45) is 0 Å². The van der Waals surface area contributed by atoms with Crippen LogP contribution in [0.15, 0.2) is 12.3 Å². The van der Waals surface area contributed by atoms with Gasteiger partial charge in [0.15, 0.2) is 11.5 Å². The van der Waals surface area contributed by atoms with Gasteiger partial charge in [-0.2, -0.15) is 0 Å². The van der Waals surface area contributed by atoms with E-state index in [-0.39, 0.29) is 6.10 Å². The molecule has 0 atom stereocenters. The van der Waals surface area contributed by atoms with Crippen LogP contribution in [-0.2, 0) is 0 Å². The number of hydrogen-bond donors (Lipinski definition) is 0. The summed E-state index contributed by atoms with van der Waals surface area (Å²) in [5.74, 6) is 1.95. The zero-order valence-corrected chi connectivity index (χ0v) is 9.90. The van der Waals surface area contributed by atoms with E-state index in [0.717, 1.165) is 12.8 Å². The first-order chi connectivity index (χ1) is 7.69. The molecule has 0 amide bonds. The van der Waals surface area contributed by atoms with E-state index < -0.39 is 0 Å². The Morgan fingerprint density at radius 1 is 1.31 bits per heavy atom. The Morgan fingerprint density at radius 2 is 2.06 bits per heavy atom. The topological polar surface area (TPSA) is 40.6 Å². The van der Waals surface area contributed by atoms with Gasteiger partial charge in [0.1, 0.15) is 0 Å². The zero-order valence-electron chi connectivity index (χ0n) is 9.90. The van der Waals surface area contributed by atoms with Crippen molar-refractivity contribution < 1.29 is 14.2 Å². The van der Waals surface area contributed by atoms with Crippen molar-refractivity contribution in [3.8, 4) is 17.4 Å².